The van der Waals surface area contributed by atoms with Gasteiger partial charge in [0.15, 0.2) is 0 Å². The molecule has 0 aliphatic carbocycles. The molecule has 0 bridgehead atoms. The fourth-order valence-electron chi connectivity index (χ4n) is 2.90. The molecule has 3 aromatic rings. The summed E-state index contributed by atoms with van der Waals surface area (Å²) in [5.41, 5.74) is 1.57. The molecule has 0 aliphatic rings. The molecule has 30 heavy (non-hydrogen) atoms. The second kappa shape index (κ2) is 9.19. The zero-order valence-corrected chi connectivity index (χ0v) is 18.1. The van der Waals surface area contributed by atoms with Crippen LogP contribution in [0.5, 0.6) is 17.4 Å². The van der Waals surface area contributed by atoms with E-state index in [1.165, 1.54) is 27.4 Å². The fraction of sp³-hybridized carbons (Fsp3) is 0.190. The van der Waals surface area contributed by atoms with Gasteiger partial charge < -0.3 is 19.5 Å². The first-order chi connectivity index (χ1) is 14.4. The topological polar surface area (TPSA) is 82.6 Å². The maximum absolute atomic E-state index is 11.4. The number of methoxy groups -OCH3 is 3. The van der Waals surface area contributed by atoms with Crippen LogP contribution in [-0.2, 0) is 11.3 Å². The summed E-state index contributed by atoms with van der Waals surface area (Å²) in [6.45, 7) is 3.67. The summed E-state index contributed by atoms with van der Waals surface area (Å²) in [7, 11) is 4.52. The van der Waals surface area contributed by atoms with Gasteiger partial charge in [-0.3, -0.25) is 9.78 Å². The molecule has 1 aromatic carbocycles. The first-order valence-electron chi connectivity index (χ1n) is 8.77. The Hall–Kier alpha value is -3.03. The van der Waals surface area contributed by atoms with E-state index in [0.29, 0.717) is 44.4 Å². The van der Waals surface area contributed by atoms with Gasteiger partial charge in [-0.1, -0.05) is 29.8 Å². The number of nitrogens with one attached hydrogen (secondary N) is 1. The predicted octanol–water partition coefficient (Wildman–Crippen LogP) is 4.43. The number of hydrogen-bond donors (Lipinski definition) is 1. The Kier molecular flexibility index (Phi) is 6.64. The lowest BCUT2D eigenvalue weighted by molar-refractivity contribution is -0.116. The Morgan fingerprint density at radius 1 is 1.10 bits per heavy atom. The summed E-state index contributed by atoms with van der Waals surface area (Å²) in [5.74, 6) is 0.879. The summed E-state index contributed by atoms with van der Waals surface area (Å²) >= 11 is 13.0. The molecule has 2 aromatic heterocycles. The third-order valence-corrected chi connectivity index (χ3v) is 5.14. The standard InChI is InChI=1S/C21H19Cl2N3O4/c1-5-17(27)25-10-12-7-13-11(9-24-12)6-14(26-21(13)30-4)18-19(22)15(28-2)8-16(29-3)20(18)23/h5-9H,1,10H2,2-4H3,(H,25,27). The van der Waals surface area contributed by atoms with Crippen molar-refractivity contribution in [1.82, 2.24) is 15.3 Å². The molecule has 156 valence electrons. The minimum atomic E-state index is -0.284. The molecule has 9 heteroatoms. The molecule has 0 atom stereocenters. The van der Waals surface area contributed by atoms with Crippen molar-refractivity contribution in [2.24, 2.45) is 0 Å². The van der Waals surface area contributed by atoms with Crippen LogP contribution >= 0.6 is 23.2 Å². The monoisotopic (exact) mass is 447 g/mol. The second-order valence-electron chi connectivity index (χ2n) is 6.12. The second-order valence-corrected chi connectivity index (χ2v) is 6.88. The highest BCUT2D eigenvalue weighted by Crippen LogP contribution is 2.46. The largest absolute Gasteiger partial charge is 0.495 e. The van der Waals surface area contributed by atoms with Crippen molar-refractivity contribution >= 4 is 39.9 Å². The molecule has 1 amide bonds. The minimum absolute atomic E-state index is 0.246. The average Bonchev–Trinajstić information content (AvgIpc) is 2.77. The van der Waals surface area contributed by atoms with Gasteiger partial charge in [0.25, 0.3) is 0 Å². The SMILES string of the molecule is C=CC(=O)NCc1cc2c(OC)nc(-c3c(Cl)c(OC)cc(OC)c3Cl)cc2cn1. The molecular formula is C21H19Cl2N3O4. The molecule has 7 nitrogen and oxygen atoms in total. The highest BCUT2D eigenvalue weighted by molar-refractivity contribution is 6.41. The van der Waals surface area contributed by atoms with Crippen LogP contribution in [0.3, 0.4) is 0 Å². The van der Waals surface area contributed by atoms with Crippen molar-refractivity contribution in [2.75, 3.05) is 21.3 Å². The van der Waals surface area contributed by atoms with E-state index in [0.717, 1.165) is 10.8 Å². The number of amides is 1. The van der Waals surface area contributed by atoms with Crippen LogP contribution in [0.25, 0.3) is 22.0 Å². The summed E-state index contributed by atoms with van der Waals surface area (Å²) in [5, 5.41) is 4.76. The Morgan fingerprint density at radius 2 is 1.77 bits per heavy atom. The molecule has 1 N–H and O–H groups in total. The molecule has 0 aliphatic heterocycles. The van der Waals surface area contributed by atoms with Crippen molar-refractivity contribution in [3.05, 3.63) is 52.8 Å². The number of carbonyl (C=O) groups excluding carboxylic acids is 1. The Balaban J connectivity index is 2.15. The molecule has 0 unspecified atom stereocenters. The van der Waals surface area contributed by atoms with Crippen molar-refractivity contribution in [3.8, 4) is 28.6 Å². The molecule has 0 saturated heterocycles. The molecule has 0 saturated carbocycles. The lowest BCUT2D eigenvalue weighted by atomic mass is 10.1. The van der Waals surface area contributed by atoms with E-state index < -0.39 is 0 Å². The Labute approximate surface area is 183 Å². The number of rotatable bonds is 7. The number of aromatic nitrogens is 2. The molecule has 0 radical (unpaired) electrons. The zero-order chi connectivity index (χ0) is 21.8. The van der Waals surface area contributed by atoms with E-state index in [2.05, 4.69) is 21.9 Å². The van der Waals surface area contributed by atoms with Crippen LogP contribution in [0.2, 0.25) is 10.0 Å². The van der Waals surface area contributed by atoms with Crippen LogP contribution in [0.15, 0.2) is 37.1 Å². The summed E-state index contributed by atoms with van der Waals surface area (Å²) < 4.78 is 16.2. The number of hydrogen-bond acceptors (Lipinski definition) is 6. The first-order valence-corrected chi connectivity index (χ1v) is 9.53. The summed E-state index contributed by atoms with van der Waals surface area (Å²) in [6.07, 6.45) is 2.86. The Morgan fingerprint density at radius 3 is 2.33 bits per heavy atom. The van der Waals surface area contributed by atoms with Crippen LogP contribution in [0.4, 0.5) is 0 Å². The molecular weight excluding hydrogens is 429 g/mol. The highest BCUT2D eigenvalue weighted by atomic mass is 35.5. The van der Waals surface area contributed by atoms with E-state index in [1.807, 2.05) is 0 Å². The third-order valence-electron chi connectivity index (χ3n) is 4.39. The lowest BCUT2D eigenvalue weighted by Crippen LogP contribution is -2.20. The van der Waals surface area contributed by atoms with Gasteiger partial charge in [0.2, 0.25) is 11.8 Å². The van der Waals surface area contributed by atoms with E-state index in [9.17, 15) is 4.79 Å². The van der Waals surface area contributed by atoms with Gasteiger partial charge in [-0.15, -0.1) is 0 Å². The maximum Gasteiger partial charge on any atom is 0.243 e. The van der Waals surface area contributed by atoms with Crippen LogP contribution in [0, 0.1) is 0 Å². The number of pyridine rings is 2. The zero-order valence-electron chi connectivity index (χ0n) is 16.6. The van der Waals surface area contributed by atoms with E-state index in [1.54, 1.807) is 24.4 Å². The molecule has 0 spiro atoms. The van der Waals surface area contributed by atoms with Crippen LogP contribution in [-0.4, -0.2) is 37.2 Å². The van der Waals surface area contributed by atoms with E-state index >= 15 is 0 Å². The summed E-state index contributed by atoms with van der Waals surface area (Å²) in [6, 6.07) is 5.20. The smallest absolute Gasteiger partial charge is 0.243 e. The number of benzene rings is 1. The molecule has 2 heterocycles. The summed E-state index contributed by atoms with van der Waals surface area (Å²) in [4.78, 5) is 20.4. The number of carbonyl (C=O) groups is 1. The van der Waals surface area contributed by atoms with Crippen molar-refractivity contribution in [2.45, 2.75) is 6.54 Å². The van der Waals surface area contributed by atoms with E-state index in [-0.39, 0.29) is 12.5 Å². The third kappa shape index (κ3) is 4.13. The van der Waals surface area contributed by atoms with Gasteiger partial charge in [0.05, 0.1) is 49.3 Å². The normalized spacial score (nSPS) is 10.6. The van der Waals surface area contributed by atoms with Crippen molar-refractivity contribution < 1.29 is 19.0 Å². The number of nitrogens with zero attached hydrogens (tertiary/aromatic N) is 2. The average molecular weight is 448 g/mol. The number of fused-ring (bicyclic) bond motifs is 1. The van der Waals surface area contributed by atoms with Gasteiger partial charge >= 0.3 is 0 Å². The van der Waals surface area contributed by atoms with Gasteiger partial charge in [-0.05, 0) is 18.2 Å². The van der Waals surface area contributed by atoms with Gasteiger partial charge in [-0.2, -0.15) is 0 Å². The number of halogens is 2. The van der Waals surface area contributed by atoms with Gasteiger partial charge in [-0.25, -0.2) is 4.98 Å². The Bertz CT molecular complexity index is 1110. The van der Waals surface area contributed by atoms with Gasteiger partial charge in [0, 0.05) is 28.6 Å². The van der Waals surface area contributed by atoms with Crippen molar-refractivity contribution in [3.63, 3.8) is 0 Å². The highest BCUT2D eigenvalue weighted by Gasteiger charge is 2.21. The molecule has 0 fully saturated rings. The lowest BCUT2D eigenvalue weighted by Gasteiger charge is -2.15. The van der Waals surface area contributed by atoms with Crippen LogP contribution < -0.4 is 19.5 Å². The maximum atomic E-state index is 11.4. The first kappa shape index (κ1) is 21.7. The minimum Gasteiger partial charge on any atom is -0.495 e. The van der Waals surface area contributed by atoms with E-state index in [4.69, 9.17) is 37.4 Å². The number of ether oxygens (including phenoxy) is 3. The van der Waals surface area contributed by atoms with Gasteiger partial charge in [0.1, 0.15) is 11.5 Å². The fourth-order valence-corrected chi connectivity index (χ4v) is 3.59. The van der Waals surface area contributed by atoms with Crippen LogP contribution in [0.1, 0.15) is 5.69 Å². The predicted molar refractivity (Wildman–Crippen MR) is 117 cm³/mol. The molecule has 3 rings (SSSR count). The van der Waals surface area contributed by atoms with Crippen molar-refractivity contribution in [1.29, 1.82) is 0 Å². The quantitative estimate of drug-likeness (QED) is 0.539.